The number of nitrogens with zero attached hydrogens (tertiary/aromatic N) is 3. The van der Waals surface area contributed by atoms with E-state index in [0.717, 1.165) is 34.9 Å². The lowest BCUT2D eigenvalue weighted by Crippen LogP contribution is -2.22. The average Bonchev–Trinajstić information content (AvgIpc) is 3.29. The highest BCUT2D eigenvalue weighted by Gasteiger charge is 2.64. The van der Waals surface area contributed by atoms with E-state index >= 15 is 0 Å². The molecule has 31 heavy (non-hydrogen) atoms. The Morgan fingerprint density at radius 2 is 2.06 bits per heavy atom. The summed E-state index contributed by atoms with van der Waals surface area (Å²) >= 11 is 0. The van der Waals surface area contributed by atoms with Crippen molar-refractivity contribution < 1.29 is 4.79 Å². The first-order valence-electron chi connectivity index (χ1n) is 11.0. The number of fused-ring (bicyclic) bond motifs is 2. The van der Waals surface area contributed by atoms with Gasteiger partial charge in [-0.05, 0) is 41.9 Å². The van der Waals surface area contributed by atoms with E-state index in [0.29, 0.717) is 18.0 Å². The van der Waals surface area contributed by atoms with Crippen LogP contribution in [-0.4, -0.2) is 16.7 Å². The summed E-state index contributed by atoms with van der Waals surface area (Å²) in [5, 5.41) is 14.8. The number of amides is 1. The standard InChI is InChI=1S/C26H26N4O/c1-26-13-7-6-11-22(26)24(26)25(31)29-28-15-20-17-30(23-12-5-4-10-21(20)23)16-19-9-3-2-8-18(19)14-27/h2-5,8-10,12,15,17,22,24H,6-7,11,13,16H2,1H3,(H,29,31)/b28-15-/t22-,24-,26-/m1/s1. The molecule has 2 fully saturated rings. The first-order chi connectivity index (χ1) is 15.1. The molecule has 0 radical (unpaired) electrons. The molecule has 2 aliphatic carbocycles. The molecular weight excluding hydrogens is 384 g/mol. The fourth-order valence-corrected chi connectivity index (χ4v) is 5.55. The molecule has 5 rings (SSSR count). The fourth-order valence-electron chi connectivity index (χ4n) is 5.55. The maximum absolute atomic E-state index is 12.7. The van der Waals surface area contributed by atoms with Crippen molar-refractivity contribution in [1.29, 1.82) is 5.26 Å². The molecule has 0 aliphatic heterocycles. The van der Waals surface area contributed by atoms with Gasteiger partial charge in [-0.25, -0.2) is 5.43 Å². The maximum atomic E-state index is 12.7. The van der Waals surface area contributed by atoms with E-state index in [1.54, 1.807) is 6.21 Å². The third-order valence-electron chi connectivity index (χ3n) is 7.29. The molecule has 1 aromatic heterocycles. The zero-order valence-corrected chi connectivity index (χ0v) is 17.7. The van der Waals surface area contributed by atoms with Crippen molar-refractivity contribution in [3.05, 3.63) is 71.4 Å². The third kappa shape index (κ3) is 3.42. The van der Waals surface area contributed by atoms with Crippen LogP contribution in [0.2, 0.25) is 0 Å². The lowest BCUT2D eigenvalue weighted by molar-refractivity contribution is -0.123. The summed E-state index contributed by atoms with van der Waals surface area (Å²) in [6.45, 7) is 2.85. The van der Waals surface area contributed by atoms with Crippen LogP contribution in [0.15, 0.2) is 59.8 Å². The summed E-state index contributed by atoms with van der Waals surface area (Å²) in [6, 6.07) is 18.1. The van der Waals surface area contributed by atoms with Crippen molar-refractivity contribution in [2.75, 3.05) is 0 Å². The quantitative estimate of drug-likeness (QED) is 0.483. The van der Waals surface area contributed by atoms with Gasteiger partial charge in [-0.3, -0.25) is 4.79 Å². The van der Waals surface area contributed by atoms with Gasteiger partial charge < -0.3 is 4.57 Å². The van der Waals surface area contributed by atoms with Gasteiger partial charge >= 0.3 is 0 Å². The van der Waals surface area contributed by atoms with Gasteiger partial charge in [-0.1, -0.05) is 56.2 Å². The van der Waals surface area contributed by atoms with Crippen LogP contribution in [0, 0.1) is 28.6 Å². The molecule has 0 spiro atoms. The molecule has 2 aromatic carbocycles. The van der Waals surface area contributed by atoms with Gasteiger partial charge in [0.2, 0.25) is 5.91 Å². The zero-order chi connectivity index (χ0) is 21.4. The van der Waals surface area contributed by atoms with E-state index in [1.165, 1.54) is 12.8 Å². The molecule has 3 aromatic rings. The van der Waals surface area contributed by atoms with Crippen LogP contribution in [0.5, 0.6) is 0 Å². The number of nitrogens with one attached hydrogen (secondary N) is 1. The van der Waals surface area contributed by atoms with Crippen molar-refractivity contribution in [3.8, 4) is 6.07 Å². The summed E-state index contributed by atoms with van der Waals surface area (Å²) in [6.07, 6.45) is 8.55. The molecule has 156 valence electrons. The van der Waals surface area contributed by atoms with Crippen LogP contribution in [0.1, 0.15) is 49.3 Å². The number of aromatic nitrogens is 1. The SMILES string of the molecule is C[C@@]12CCCC[C@@H]1[C@@H]2C(=O)N/N=C\c1cn(Cc2ccccc2C#N)c2ccccc12. The van der Waals surface area contributed by atoms with E-state index in [2.05, 4.69) is 40.2 Å². The van der Waals surface area contributed by atoms with Crippen molar-refractivity contribution in [2.45, 2.75) is 39.2 Å². The smallest absolute Gasteiger partial charge is 0.244 e. The van der Waals surface area contributed by atoms with Crippen molar-refractivity contribution in [1.82, 2.24) is 9.99 Å². The predicted octanol–water partition coefficient (Wildman–Crippen LogP) is 4.84. The van der Waals surface area contributed by atoms with Gasteiger partial charge in [-0.15, -0.1) is 0 Å². The molecule has 1 heterocycles. The molecule has 5 heteroatoms. The van der Waals surface area contributed by atoms with Crippen molar-refractivity contribution >= 4 is 23.0 Å². The summed E-state index contributed by atoms with van der Waals surface area (Å²) in [5.41, 5.74) is 6.66. The number of carbonyl (C=O) groups is 1. The highest BCUT2D eigenvalue weighted by atomic mass is 16.2. The number of hydrogen-bond acceptors (Lipinski definition) is 3. The largest absolute Gasteiger partial charge is 0.342 e. The van der Waals surface area contributed by atoms with E-state index < -0.39 is 0 Å². The van der Waals surface area contributed by atoms with E-state index in [-0.39, 0.29) is 17.2 Å². The lowest BCUT2D eigenvalue weighted by atomic mass is 9.90. The van der Waals surface area contributed by atoms with Gasteiger partial charge in [0.1, 0.15) is 0 Å². The van der Waals surface area contributed by atoms with Crippen LogP contribution in [0.4, 0.5) is 0 Å². The summed E-state index contributed by atoms with van der Waals surface area (Å²) < 4.78 is 2.13. The molecule has 3 atom stereocenters. The number of carbonyl (C=O) groups excluding carboxylic acids is 1. The second-order valence-electron chi connectivity index (χ2n) is 9.07. The molecule has 2 saturated carbocycles. The predicted molar refractivity (Wildman–Crippen MR) is 121 cm³/mol. The van der Waals surface area contributed by atoms with E-state index in [9.17, 15) is 10.1 Å². The Balaban J connectivity index is 1.36. The molecule has 1 amide bonds. The van der Waals surface area contributed by atoms with Crippen molar-refractivity contribution in [3.63, 3.8) is 0 Å². The summed E-state index contributed by atoms with van der Waals surface area (Å²) in [4.78, 5) is 12.7. The Hall–Kier alpha value is -3.39. The van der Waals surface area contributed by atoms with Gasteiger partial charge in [0.25, 0.3) is 0 Å². The number of para-hydroxylation sites is 1. The Bertz CT molecular complexity index is 1220. The van der Waals surface area contributed by atoms with Gasteiger partial charge in [0.05, 0.1) is 17.8 Å². The fraction of sp³-hybridized carbons (Fsp3) is 0.346. The zero-order valence-electron chi connectivity index (χ0n) is 17.7. The number of nitriles is 1. The molecule has 0 bridgehead atoms. The first kappa shape index (κ1) is 19.6. The second kappa shape index (κ2) is 7.70. The molecule has 2 aliphatic rings. The van der Waals surface area contributed by atoms with Crippen LogP contribution in [0.3, 0.4) is 0 Å². The maximum Gasteiger partial charge on any atom is 0.244 e. The molecule has 5 nitrogen and oxygen atoms in total. The number of hydrazone groups is 1. The minimum absolute atomic E-state index is 0.0531. The number of rotatable bonds is 5. The molecule has 0 saturated heterocycles. The van der Waals surface area contributed by atoms with Crippen LogP contribution >= 0.6 is 0 Å². The Kier molecular flexibility index (Phi) is 4.86. The van der Waals surface area contributed by atoms with Gasteiger partial charge in [-0.2, -0.15) is 10.4 Å². The number of benzene rings is 2. The minimum atomic E-state index is 0.0531. The monoisotopic (exact) mass is 410 g/mol. The van der Waals surface area contributed by atoms with Crippen LogP contribution < -0.4 is 5.43 Å². The normalized spacial score (nSPS) is 24.6. The molecular formula is C26H26N4O. The Morgan fingerprint density at radius 3 is 2.87 bits per heavy atom. The number of hydrogen-bond donors (Lipinski definition) is 1. The highest BCUT2D eigenvalue weighted by Crippen LogP contribution is 2.66. The molecule has 1 N–H and O–H groups in total. The van der Waals surface area contributed by atoms with Crippen LogP contribution in [0.25, 0.3) is 10.9 Å². The van der Waals surface area contributed by atoms with Gasteiger partial charge in [0.15, 0.2) is 0 Å². The Labute approximate surface area is 182 Å². The van der Waals surface area contributed by atoms with Gasteiger partial charge in [0, 0.05) is 35.1 Å². The minimum Gasteiger partial charge on any atom is -0.342 e. The first-order valence-corrected chi connectivity index (χ1v) is 11.0. The van der Waals surface area contributed by atoms with E-state index in [4.69, 9.17) is 0 Å². The lowest BCUT2D eigenvalue weighted by Gasteiger charge is -2.15. The average molecular weight is 411 g/mol. The van der Waals surface area contributed by atoms with E-state index in [1.807, 2.05) is 42.6 Å². The summed E-state index contributed by atoms with van der Waals surface area (Å²) in [5.74, 6) is 0.687. The Morgan fingerprint density at radius 1 is 1.26 bits per heavy atom. The van der Waals surface area contributed by atoms with Crippen LogP contribution in [-0.2, 0) is 11.3 Å². The molecule has 0 unspecified atom stereocenters. The third-order valence-corrected chi connectivity index (χ3v) is 7.29. The topological polar surface area (TPSA) is 70.2 Å². The van der Waals surface area contributed by atoms with Crippen molar-refractivity contribution in [2.24, 2.45) is 22.4 Å². The highest BCUT2D eigenvalue weighted by molar-refractivity contribution is 5.99. The summed E-state index contributed by atoms with van der Waals surface area (Å²) in [7, 11) is 0. The second-order valence-corrected chi connectivity index (χ2v) is 9.07.